The Kier molecular flexibility index (Phi) is 4.50. The monoisotopic (exact) mass is 256 g/mol. The lowest BCUT2D eigenvalue weighted by atomic mass is 10.2. The highest BCUT2D eigenvalue weighted by molar-refractivity contribution is 7.11. The number of aliphatic hydroxyl groups is 1. The number of thiazole rings is 1. The third kappa shape index (κ3) is 3.25. The second-order valence-corrected chi connectivity index (χ2v) is 5.53. The molecule has 0 aliphatic carbocycles. The molecule has 2 heterocycles. The maximum atomic E-state index is 9.49. The molecule has 2 unspecified atom stereocenters. The molecule has 1 aromatic rings. The number of aromatic nitrogens is 1. The SMILES string of the molecule is CCCN1CCOC(c2ncc(C(C)O)s2)C1. The molecule has 0 amide bonds. The quantitative estimate of drug-likeness (QED) is 0.894. The lowest BCUT2D eigenvalue weighted by Gasteiger charge is -2.31. The van der Waals surface area contributed by atoms with E-state index in [-0.39, 0.29) is 6.10 Å². The van der Waals surface area contributed by atoms with Gasteiger partial charge in [-0.25, -0.2) is 4.98 Å². The number of hydrogen-bond acceptors (Lipinski definition) is 5. The Balaban J connectivity index is 2.00. The topological polar surface area (TPSA) is 45.6 Å². The predicted molar refractivity (Wildman–Crippen MR) is 68.2 cm³/mol. The van der Waals surface area contributed by atoms with Crippen LogP contribution in [0.1, 0.15) is 42.4 Å². The fourth-order valence-corrected chi connectivity index (χ4v) is 2.91. The molecule has 1 aliphatic heterocycles. The van der Waals surface area contributed by atoms with Gasteiger partial charge in [0.2, 0.25) is 0 Å². The van der Waals surface area contributed by atoms with Crippen molar-refractivity contribution in [3.63, 3.8) is 0 Å². The maximum Gasteiger partial charge on any atom is 0.123 e. The van der Waals surface area contributed by atoms with Crippen LogP contribution in [0.3, 0.4) is 0 Å². The molecular formula is C12H20N2O2S. The van der Waals surface area contributed by atoms with Gasteiger partial charge in [0, 0.05) is 19.3 Å². The first kappa shape index (κ1) is 13.0. The summed E-state index contributed by atoms with van der Waals surface area (Å²) >= 11 is 1.55. The van der Waals surface area contributed by atoms with Crippen LogP contribution in [0.25, 0.3) is 0 Å². The Bertz CT molecular complexity index is 352. The van der Waals surface area contributed by atoms with Gasteiger partial charge in [0.15, 0.2) is 0 Å². The molecule has 0 saturated carbocycles. The lowest BCUT2D eigenvalue weighted by Crippen LogP contribution is -2.38. The molecular weight excluding hydrogens is 236 g/mol. The van der Waals surface area contributed by atoms with Crippen LogP contribution in [-0.2, 0) is 4.74 Å². The molecule has 0 spiro atoms. The number of rotatable bonds is 4. The zero-order chi connectivity index (χ0) is 12.3. The highest BCUT2D eigenvalue weighted by Gasteiger charge is 2.24. The molecule has 4 nitrogen and oxygen atoms in total. The van der Waals surface area contributed by atoms with Crippen LogP contribution < -0.4 is 0 Å². The van der Waals surface area contributed by atoms with Gasteiger partial charge in [-0.15, -0.1) is 11.3 Å². The zero-order valence-corrected chi connectivity index (χ0v) is 11.2. The van der Waals surface area contributed by atoms with E-state index >= 15 is 0 Å². The van der Waals surface area contributed by atoms with Crippen LogP contribution >= 0.6 is 11.3 Å². The Labute approximate surface area is 106 Å². The van der Waals surface area contributed by atoms with Gasteiger partial charge in [0.05, 0.1) is 17.6 Å². The standard InChI is InChI=1S/C12H20N2O2S/c1-3-4-14-5-6-16-10(8-14)12-13-7-11(17-12)9(2)15/h7,9-10,15H,3-6,8H2,1-2H3. The van der Waals surface area contributed by atoms with Crippen molar-refractivity contribution in [2.45, 2.75) is 32.5 Å². The summed E-state index contributed by atoms with van der Waals surface area (Å²) < 4.78 is 5.76. The summed E-state index contributed by atoms with van der Waals surface area (Å²) in [4.78, 5) is 7.69. The largest absolute Gasteiger partial charge is 0.388 e. The molecule has 0 aromatic carbocycles. The van der Waals surface area contributed by atoms with Crippen LogP contribution in [0.2, 0.25) is 0 Å². The van der Waals surface area contributed by atoms with Crippen LogP contribution in [-0.4, -0.2) is 41.2 Å². The molecule has 17 heavy (non-hydrogen) atoms. The summed E-state index contributed by atoms with van der Waals surface area (Å²) in [5.74, 6) is 0. The minimum absolute atomic E-state index is 0.0767. The van der Waals surface area contributed by atoms with Crippen LogP contribution in [0.5, 0.6) is 0 Å². The van der Waals surface area contributed by atoms with Crippen molar-refractivity contribution in [3.05, 3.63) is 16.1 Å². The van der Waals surface area contributed by atoms with Crippen molar-refractivity contribution >= 4 is 11.3 Å². The van der Waals surface area contributed by atoms with Gasteiger partial charge in [-0.05, 0) is 19.9 Å². The normalized spacial score (nSPS) is 23.8. The van der Waals surface area contributed by atoms with Gasteiger partial charge in [0.1, 0.15) is 11.1 Å². The average molecular weight is 256 g/mol. The molecule has 1 N–H and O–H groups in total. The molecule has 2 atom stereocenters. The van der Waals surface area contributed by atoms with E-state index in [0.717, 1.165) is 36.1 Å². The molecule has 1 saturated heterocycles. The van der Waals surface area contributed by atoms with Crippen molar-refractivity contribution < 1.29 is 9.84 Å². The van der Waals surface area contributed by atoms with E-state index in [0.29, 0.717) is 0 Å². The molecule has 1 aromatic heterocycles. The highest BCUT2D eigenvalue weighted by Crippen LogP contribution is 2.29. The summed E-state index contributed by atoms with van der Waals surface area (Å²) in [6, 6.07) is 0. The predicted octanol–water partition coefficient (Wildman–Crippen LogP) is 1.98. The summed E-state index contributed by atoms with van der Waals surface area (Å²) in [6.07, 6.45) is 2.57. The minimum Gasteiger partial charge on any atom is -0.388 e. The summed E-state index contributed by atoms with van der Waals surface area (Å²) in [5.41, 5.74) is 0. The zero-order valence-electron chi connectivity index (χ0n) is 10.4. The fourth-order valence-electron chi connectivity index (χ4n) is 2.01. The van der Waals surface area contributed by atoms with Gasteiger partial charge in [0.25, 0.3) is 0 Å². The summed E-state index contributed by atoms with van der Waals surface area (Å²) in [5, 5.41) is 10.5. The third-order valence-corrected chi connectivity index (χ3v) is 4.18. The molecule has 0 radical (unpaired) electrons. The molecule has 5 heteroatoms. The third-order valence-electron chi connectivity index (χ3n) is 2.92. The summed E-state index contributed by atoms with van der Waals surface area (Å²) in [6.45, 7) is 7.78. The van der Waals surface area contributed by atoms with Gasteiger partial charge in [-0.3, -0.25) is 4.90 Å². The lowest BCUT2D eigenvalue weighted by molar-refractivity contribution is -0.0299. The van der Waals surface area contributed by atoms with Gasteiger partial charge >= 0.3 is 0 Å². The molecule has 1 aliphatic rings. The van der Waals surface area contributed by atoms with E-state index in [2.05, 4.69) is 16.8 Å². The van der Waals surface area contributed by atoms with E-state index in [1.807, 2.05) is 0 Å². The van der Waals surface area contributed by atoms with Crippen LogP contribution in [0.15, 0.2) is 6.20 Å². The molecule has 1 fully saturated rings. The van der Waals surface area contributed by atoms with Gasteiger partial charge in [-0.2, -0.15) is 0 Å². The van der Waals surface area contributed by atoms with Crippen molar-refractivity contribution in [1.82, 2.24) is 9.88 Å². The Morgan fingerprint density at radius 3 is 3.18 bits per heavy atom. The van der Waals surface area contributed by atoms with Gasteiger partial charge < -0.3 is 9.84 Å². The second kappa shape index (κ2) is 5.91. The number of morpholine rings is 1. The smallest absolute Gasteiger partial charge is 0.123 e. The van der Waals surface area contributed by atoms with Crippen LogP contribution in [0.4, 0.5) is 0 Å². The molecule has 0 bridgehead atoms. The average Bonchev–Trinajstić information content (AvgIpc) is 2.79. The fraction of sp³-hybridized carbons (Fsp3) is 0.750. The van der Waals surface area contributed by atoms with E-state index in [9.17, 15) is 5.11 Å². The number of ether oxygens (including phenoxy) is 1. The van der Waals surface area contributed by atoms with Gasteiger partial charge in [-0.1, -0.05) is 6.92 Å². The second-order valence-electron chi connectivity index (χ2n) is 4.44. The van der Waals surface area contributed by atoms with E-state index in [1.165, 1.54) is 6.42 Å². The van der Waals surface area contributed by atoms with E-state index < -0.39 is 6.10 Å². The highest BCUT2D eigenvalue weighted by atomic mass is 32.1. The number of hydrogen-bond donors (Lipinski definition) is 1. The Hall–Kier alpha value is -0.490. The van der Waals surface area contributed by atoms with Crippen molar-refractivity contribution in [3.8, 4) is 0 Å². The first-order valence-corrected chi connectivity index (χ1v) is 7.00. The number of aliphatic hydroxyl groups excluding tert-OH is 1. The van der Waals surface area contributed by atoms with E-state index in [1.54, 1.807) is 24.5 Å². The first-order chi connectivity index (χ1) is 8.20. The van der Waals surface area contributed by atoms with Crippen molar-refractivity contribution in [1.29, 1.82) is 0 Å². The van der Waals surface area contributed by atoms with E-state index in [4.69, 9.17) is 4.74 Å². The maximum absolute atomic E-state index is 9.49. The first-order valence-electron chi connectivity index (χ1n) is 6.18. The van der Waals surface area contributed by atoms with Crippen molar-refractivity contribution in [2.75, 3.05) is 26.2 Å². The van der Waals surface area contributed by atoms with Crippen LogP contribution in [0, 0.1) is 0 Å². The molecule has 2 rings (SSSR count). The number of nitrogens with zero attached hydrogens (tertiary/aromatic N) is 2. The Morgan fingerprint density at radius 2 is 2.53 bits per heavy atom. The molecule has 96 valence electrons. The van der Waals surface area contributed by atoms with Crippen molar-refractivity contribution in [2.24, 2.45) is 0 Å². The minimum atomic E-state index is -0.434. The Morgan fingerprint density at radius 1 is 1.71 bits per heavy atom. The summed E-state index contributed by atoms with van der Waals surface area (Å²) in [7, 11) is 0.